The van der Waals surface area contributed by atoms with Crippen LogP contribution in [0.15, 0.2) is 18.3 Å². The fraction of sp³-hybridized carbons (Fsp3) is 0.167. The third-order valence-electron chi connectivity index (χ3n) is 1.19. The van der Waals surface area contributed by atoms with E-state index in [9.17, 15) is 21.6 Å². The lowest BCUT2D eigenvalue weighted by molar-refractivity contribution is -0.0500. The van der Waals surface area contributed by atoms with E-state index in [1.165, 1.54) is 0 Å². The van der Waals surface area contributed by atoms with Crippen LogP contribution in [0.4, 0.5) is 13.2 Å². The molecule has 1 rings (SSSR count). The first kappa shape index (κ1) is 12.1. The quantitative estimate of drug-likeness (QED) is 0.464. The number of rotatable bonds is 2. The van der Waals surface area contributed by atoms with Gasteiger partial charge in [-0.25, -0.2) is 4.98 Å². The Kier molecular flexibility index (Phi) is 3.10. The Hall–Kier alpha value is -1.02. The van der Waals surface area contributed by atoms with Crippen LogP contribution in [-0.2, 0) is 10.1 Å². The Balaban J connectivity index is 2.93. The van der Waals surface area contributed by atoms with Gasteiger partial charge in [-0.05, 0) is 12.1 Å². The molecule has 15 heavy (non-hydrogen) atoms. The molecular weight excluding hydrogens is 259 g/mol. The van der Waals surface area contributed by atoms with Crippen molar-refractivity contribution in [2.75, 3.05) is 0 Å². The van der Waals surface area contributed by atoms with Gasteiger partial charge in [-0.1, -0.05) is 11.6 Å². The van der Waals surface area contributed by atoms with Crippen molar-refractivity contribution in [3.8, 4) is 5.75 Å². The number of halogens is 4. The highest BCUT2D eigenvalue weighted by molar-refractivity contribution is 7.87. The molecule has 1 heterocycles. The Morgan fingerprint density at radius 3 is 2.33 bits per heavy atom. The summed E-state index contributed by atoms with van der Waals surface area (Å²) in [6, 6.07) is 2.06. The molecule has 0 saturated carbocycles. The van der Waals surface area contributed by atoms with E-state index in [2.05, 4.69) is 9.17 Å². The fourth-order valence-electron chi connectivity index (χ4n) is 0.585. The number of aromatic nitrogens is 1. The number of hydrogen-bond acceptors (Lipinski definition) is 4. The largest absolute Gasteiger partial charge is 0.534 e. The zero-order valence-corrected chi connectivity index (χ0v) is 8.40. The van der Waals surface area contributed by atoms with Gasteiger partial charge in [0.25, 0.3) is 0 Å². The molecule has 0 spiro atoms. The summed E-state index contributed by atoms with van der Waals surface area (Å²) in [7, 11) is -5.65. The normalized spacial score (nSPS) is 12.5. The van der Waals surface area contributed by atoms with Crippen LogP contribution >= 0.6 is 11.6 Å². The Morgan fingerprint density at radius 1 is 1.33 bits per heavy atom. The highest BCUT2D eigenvalue weighted by Gasteiger charge is 2.48. The van der Waals surface area contributed by atoms with Crippen molar-refractivity contribution in [2.45, 2.75) is 5.51 Å². The summed E-state index contributed by atoms with van der Waals surface area (Å²) in [4.78, 5) is 3.35. The predicted octanol–water partition coefficient (Wildman–Crippen LogP) is 1.96. The van der Waals surface area contributed by atoms with E-state index < -0.39 is 21.4 Å². The molecule has 0 atom stereocenters. The van der Waals surface area contributed by atoms with E-state index >= 15 is 0 Å². The lowest BCUT2D eigenvalue weighted by Gasteiger charge is -2.08. The first-order valence-electron chi connectivity index (χ1n) is 3.35. The van der Waals surface area contributed by atoms with Crippen LogP contribution < -0.4 is 4.18 Å². The van der Waals surface area contributed by atoms with Gasteiger partial charge in [0.2, 0.25) is 0 Å². The molecule has 0 unspecified atom stereocenters. The van der Waals surface area contributed by atoms with Gasteiger partial charge in [-0.2, -0.15) is 21.6 Å². The van der Waals surface area contributed by atoms with Crippen molar-refractivity contribution in [2.24, 2.45) is 0 Å². The summed E-state index contributed by atoms with van der Waals surface area (Å²) < 4.78 is 60.3. The zero-order valence-electron chi connectivity index (χ0n) is 6.82. The van der Waals surface area contributed by atoms with Crippen molar-refractivity contribution < 1.29 is 25.8 Å². The second-order valence-electron chi connectivity index (χ2n) is 2.30. The average molecular weight is 262 g/mol. The van der Waals surface area contributed by atoms with Gasteiger partial charge in [-0.15, -0.1) is 0 Å². The molecule has 0 saturated heterocycles. The molecule has 0 amide bonds. The van der Waals surface area contributed by atoms with E-state index in [0.717, 1.165) is 18.3 Å². The molecule has 0 fully saturated rings. The lowest BCUT2D eigenvalue weighted by Crippen LogP contribution is -2.28. The van der Waals surface area contributed by atoms with Crippen LogP contribution in [0.25, 0.3) is 0 Å². The molecule has 0 N–H and O–H groups in total. The van der Waals surface area contributed by atoms with Gasteiger partial charge in [-0.3, -0.25) is 0 Å². The molecule has 0 aliphatic heterocycles. The molecule has 0 aliphatic rings. The minimum absolute atomic E-state index is 0.00626. The Bertz CT molecular complexity index is 442. The molecule has 1 aromatic rings. The maximum atomic E-state index is 11.8. The van der Waals surface area contributed by atoms with Crippen molar-refractivity contribution in [3.05, 3.63) is 23.5 Å². The van der Waals surface area contributed by atoms with Gasteiger partial charge in [0.05, 0.1) is 6.20 Å². The van der Waals surface area contributed by atoms with Gasteiger partial charge in [0.1, 0.15) is 5.15 Å². The van der Waals surface area contributed by atoms with Crippen LogP contribution in [0.5, 0.6) is 5.75 Å². The molecule has 0 aromatic carbocycles. The average Bonchev–Trinajstić information content (AvgIpc) is 2.06. The second kappa shape index (κ2) is 3.86. The van der Waals surface area contributed by atoms with Crippen LogP contribution in [0, 0.1) is 0 Å². The second-order valence-corrected chi connectivity index (χ2v) is 4.22. The summed E-state index contributed by atoms with van der Waals surface area (Å²) in [5.41, 5.74) is -5.47. The Labute approximate surface area is 87.8 Å². The first-order valence-corrected chi connectivity index (χ1v) is 5.13. The van der Waals surface area contributed by atoms with E-state index in [0.29, 0.717) is 0 Å². The van der Waals surface area contributed by atoms with Gasteiger partial charge in [0.15, 0.2) is 5.75 Å². The topological polar surface area (TPSA) is 56.3 Å². The summed E-state index contributed by atoms with van der Waals surface area (Å²) in [6.45, 7) is 0. The van der Waals surface area contributed by atoms with Gasteiger partial charge < -0.3 is 4.18 Å². The van der Waals surface area contributed by atoms with Crippen molar-refractivity contribution in [3.63, 3.8) is 0 Å². The van der Waals surface area contributed by atoms with Crippen LogP contribution in [0.2, 0.25) is 5.15 Å². The molecule has 4 nitrogen and oxygen atoms in total. The number of hydrogen-bond donors (Lipinski definition) is 0. The summed E-state index contributed by atoms with van der Waals surface area (Å²) in [6.07, 6.45) is 0.769. The Morgan fingerprint density at radius 2 is 1.93 bits per heavy atom. The highest BCUT2D eigenvalue weighted by atomic mass is 35.5. The fourth-order valence-corrected chi connectivity index (χ4v) is 1.14. The molecule has 84 valence electrons. The minimum Gasteiger partial charge on any atom is -0.374 e. The van der Waals surface area contributed by atoms with Crippen LogP contribution in [0.1, 0.15) is 0 Å². The predicted molar refractivity (Wildman–Crippen MR) is 44.8 cm³/mol. The molecular formula is C6H3ClF3NO3S. The highest BCUT2D eigenvalue weighted by Crippen LogP contribution is 2.26. The van der Waals surface area contributed by atoms with E-state index in [4.69, 9.17) is 11.6 Å². The van der Waals surface area contributed by atoms with Crippen molar-refractivity contribution in [1.29, 1.82) is 0 Å². The van der Waals surface area contributed by atoms with Crippen LogP contribution in [0.3, 0.4) is 0 Å². The number of pyridine rings is 1. The lowest BCUT2D eigenvalue weighted by atomic mass is 10.5. The molecule has 0 aliphatic carbocycles. The van der Waals surface area contributed by atoms with Crippen LogP contribution in [-0.4, -0.2) is 18.9 Å². The molecule has 0 bridgehead atoms. The van der Waals surface area contributed by atoms with Crippen molar-refractivity contribution in [1.82, 2.24) is 4.98 Å². The van der Waals surface area contributed by atoms with E-state index in [1.807, 2.05) is 0 Å². The molecule has 1 aromatic heterocycles. The SMILES string of the molecule is O=S(=O)(Oc1ccc(Cl)nc1)C(F)(F)F. The van der Waals surface area contributed by atoms with Gasteiger partial charge in [0, 0.05) is 0 Å². The number of alkyl halides is 3. The third kappa shape index (κ3) is 2.96. The van der Waals surface area contributed by atoms with Gasteiger partial charge >= 0.3 is 15.6 Å². The summed E-state index contributed by atoms with van der Waals surface area (Å²) >= 11 is 5.33. The summed E-state index contributed by atoms with van der Waals surface area (Å²) in [5, 5.41) is 0.00626. The molecule has 0 radical (unpaired) electrons. The number of nitrogens with zero attached hydrogens (tertiary/aromatic N) is 1. The van der Waals surface area contributed by atoms with E-state index in [-0.39, 0.29) is 5.15 Å². The van der Waals surface area contributed by atoms with Crippen molar-refractivity contribution >= 4 is 21.7 Å². The minimum atomic E-state index is -5.65. The standard InChI is InChI=1S/C6H3ClF3NO3S/c7-5-2-1-4(3-11-5)14-15(12,13)6(8,9)10/h1-3H. The summed E-state index contributed by atoms with van der Waals surface area (Å²) in [5.74, 6) is -0.559. The smallest absolute Gasteiger partial charge is 0.374 e. The third-order valence-corrected chi connectivity index (χ3v) is 2.39. The maximum Gasteiger partial charge on any atom is 0.534 e. The molecule has 9 heteroatoms. The first-order chi connectivity index (χ1) is 6.72. The zero-order chi connectivity index (χ0) is 11.7. The maximum absolute atomic E-state index is 11.8. The monoisotopic (exact) mass is 261 g/mol. The van der Waals surface area contributed by atoms with E-state index in [1.54, 1.807) is 0 Å².